The molecule has 0 spiro atoms. The molecule has 1 aliphatic heterocycles. The van der Waals surface area contributed by atoms with Gasteiger partial charge in [0.2, 0.25) is 6.79 Å². The number of halogens is 1. The van der Waals surface area contributed by atoms with Crippen molar-refractivity contribution in [3.05, 3.63) is 53.9 Å². The van der Waals surface area contributed by atoms with Crippen molar-refractivity contribution in [2.75, 3.05) is 37.9 Å². The molecule has 31 heavy (non-hydrogen) atoms. The van der Waals surface area contributed by atoms with Crippen LogP contribution in [0.4, 0.5) is 9.52 Å². The zero-order valence-electron chi connectivity index (χ0n) is 17.5. The first-order valence-electron chi connectivity index (χ1n) is 10.3. The second kappa shape index (κ2) is 9.45. The summed E-state index contributed by atoms with van der Waals surface area (Å²) in [6.07, 6.45) is 3.25. The molecule has 2 heterocycles. The summed E-state index contributed by atoms with van der Waals surface area (Å²) in [6.45, 7) is 7.32. The van der Waals surface area contributed by atoms with Gasteiger partial charge in [-0.15, -0.1) is 0 Å². The zero-order chi connectivity index (χ0) is 21.8. The smallest absolute Gasteiger partial charge is 0.252 e. The van der Waals surface area contributed by atoms with Crippen LogP contribution in [0.15, 0.2) is 42.5 Å². The second-order valence-electron chi connectivity index (χ2n) is 7.05. The van der Waals surface area contributed by atoms with Gasteiger partial charge in [0.1, 0.15) is 11.3 Å². The summed E-state index contributed by atoms with van der Waals surface area (Å²) >= 11 is 1.32. The summed E-state index contributed by atoms with van der Waals surface area (Å²) < 4.78 is 25.6. The van der Waals surface area contributed by atoms with Crippen LogP contribution in [0.5, 0.6) is 11.5 Å². The number of amides is 1. The van der Waals surface area contributed by atoms with Crippen molar-refractivity contribution in [2.24, 2.45) is 0 Å². The Morgan fingerprint density at radius 1 is 1.16 bits per heavy atom. The lowest BCUT2D eigenvalue weighted by Crippen LogP contribution is -2.38. The number of rotatable bonds is 8. The Kier molecular flexibility index (Phi) is 6.48. The molecule has 0 unspecified atom stereocenters. The van der Waals surface area contributed by atoms with Crippen LogP contribution in [-0.4, -0.2) is 48.8 Å². The number of ether oxygens (including phenoxy) is 2. The van der Waals surface area contributed by atoms with Crippen LogP contribution >= 0.6 is 11.3 Å². The number of anilines is 1. The first-order valence-corrected chi connectivity index (χ1v) is 11.1. The van der Waals surface area contributed by atoms with Crippen molar-refractivity contribution in [1.29, 1.82) is 0 Å². The number of aromatic nitrogens is 1. The van der Waals surface area contributed by atoms with Gasteiger partial charge in [0.25, 0.3) is 5.91 Å². The fourth-order valence-corrected chi connectivity index (χ4v) is 4.39. The number of benzene rings is 2. The van der Waals surface area contributed by atoms with Crippen molar-refractivity contribution < 1.29 is 18.7 Å². The largest absolute Gasteiger partial charge is 0.454 e. The molecule has 8 heteroatoms. The summed E-state index contributed by atoms with van der Waals surface area (Å²) in [5, 5.41) is 0.493. The van der Waals surface area contributed by atoms with Crippen molar-refractivity contribution in [1.82, 2.24) is 9.88 Å². The molecule has 1 aromatic heterocycles. The molecule has 1 amide bonds. The molecule has 3 aromatic rings. The molecular formula is C23H24FN3O3S. The van der Waals surface area contributed by atoms with E-state index >= 15 is 0 Å². The number of carbonyl (C=O) groups is 1. The van der Waals surface area contributed by atoms with E-state index < -0.39 is 0 Å². The van der Waals surface area contributed by atoms with E-state index in [4.69, 9.17) is 9.47 Å². The van der Waals surface area contributed by atoms with Gasteiger partial charge in [-0.25, -0.2) is 9.37 Å². The van der Waals surface area contributed by atoms with Crippen molar-refractivity contribution in [3.8, 4) is 11.5 Å². The topological polar surface area (TPSA) is 54.9 Å². The third-order valence-corrected chi connectivity index (χ3v) is 6.25. The average Bonchev–Trinajstić information content (AvgIpc) is 3.42. The monoisotopic (exact) mass is 441 g/mol. The maximum absolute atomic E-state index is 14.2. The van der Waals surface area contributed by atoms with Gasteiger partial charge < -0.3 is 14.4 Å². The van der Waals surface area contributed by atoms with E-state index in [1.54, 1.807) is 17.0 Å². The minimum Gasteiger partial charge on any atom is -0.454 e. The molecule has 162 valence electrons. The van der Waals surface area contributed by atoms with E-state index in [1.165, 1.54) is 23.5 Å². The van der Waals surface area contributed by atoms with Crippen LogP contribution in [0.25, 0.3) is 16.3 Å². The van der Waals surface area contributed by atoms with Crippen LogP contribution < -0.4 is 14.4 Å². The molecular weight excluding hydrogens is 417 g/mol. The Morgan fingerprint density at radius 3 is 2.74 bits per heavy atom. The van der Waals surface area contributed by atoms with Gasteiger partial charge in [0, 0.05) is 19.2 Å². The Hall–Kier alpha value is -2.97. The molecule has 0 saturated heterocycles. The third-order valence-electron chi connectivity index (χ3n) is 5.20. The fraction of sp³-hybridized carbons (Fsp3) is 0.304. The van der Waals surface area contributed by atoms with Gasteiger partial charge >= 0.3 is 0 Å². The predicted molar refractivity (Wildman–Crippen MR) is 121 cm³/mol. The van der Waals surface area contributed by atoms with Gasteiger partial charge in [-0.1, -0.05) is 37.3 Å². The van der Waals surface area contributed by atoms with Gasteiger partial charge in [-0.3, -0.25) is 9.69 Å². The summed E-state index contributed by atoms with van der Waals surface area (Å²) in [7, 11) is 0. The molecule has 4 rings (SSSR count). The van der Waals surface area contributed by atoms with Gasteiger partial charge in [-0.2, -0.15) is 0 Å². The molecule has 0 fully saturated rings. The maximum atomic E-state index is 14.2. The summed E-state index contributed by atoms with van der Waals surface area (Å²) in [5.41, 5.74) is 1.12. The first-order chi connectivity index (χ1) is 15.1. The summed E-state index contributed by atoms with van der Waals surface area (Å²) in [5.74, 6) is 0.770. The van der Waals surface area contributed by atoms with E-state index in [0.29, 0.717) is 35.2 Å². The van der Waals surface area contributed by atoms with E-state index in [2.05, 4.69) is 23.7 Å². The normalized spacial score (nSPS) is 12.9. The highest BCUT2D eigenvalue weighted by Crippen LogP contribution is 2.33. The standard InChI is InChI=1S/C23H24FN3O3S/c1-3-26(4-2)12-13-27(23-25-22-17(24)6-5-7-20(22)31-23)21(28)11-9-16-8-10-18-19(14-16)30-15-29-18/h5-11,14H,3-4,12-13,15H2,1-2H3/b11-9+. The van der Waals surface area contributed by atoms with Crippen LogP contribution in [0.2, 0.25) is 0 Å². The lowest BCUT2D eigenvalue weighted by molar-refractivity contribution is -0.114. The SMILES string of the molecule is CCN(CC)CCN(C(=O)/C=C/c1ccc2c(c1)OCO2)c1nc2c(F)cccc2s1. The van der Waals surface area contributed by atoms with Gasteiger partial charge in [0.05, 0.1) is 4.70 Å². The molecule has 0 N–H and O–H groups in total. The minimum atomic E-state index is -0.382. The number of hydrogen-bond donors (Lipinski definition) is 0. The highest BCUT2D eigenvalue weighted by molar-refractivity contribution is 7.22. The van der Waals surface area contributed by atoms with Gasteiger partial charge in [0.15, 0.2) is 16.6 Å². The Bertz CT molecular complexity index is 1110. The molecule has 0 bridgehead atoms. The second-order valence-corrected chi connectivity index (χ2v) is 8.05. The van der Waals surface area contributed by atoms with E-state index in [9.17, 15) is 9.18 Å². The highest BCUT2D eigenvalue weighted by atomic mass is 32.1. The van der Waals surface area contributed by atoms with Crippen LogP contribution in [0.1, 0.15) is 19.4 Å². The number of hydrogen-bond acceptors (Lipinski definition) is 6. The number of fused-ring (bicyclic) bond motifs is 2. The maximum Gasteiger partial charge on any atom is 0.252 e. The molecule has 2 aromatic carbocycles. The molecule has 0 aliphatic carbocycles. The fourth-order valence-electron chi connectivity index (χ4n) is 3.37. The third kappa shape index (κ3) is 4.70. The van der Waals surface area contributed by atoms with Crippen molar-refractivity contribution in [3.63, 3.8) is 0 Å². The number of para-hydroxylation sites is 1. The van der Waals surface area contributed by atoms with Crippen molar-refractivity contribution in [2.45, 2.75) is 13.8 Å². The molecule has 0 radical (unpaired) electrons. The molecule has 0 saturated carbocycles. The summed E-state index contributed by atoms with van der Waals surface area (Å²) in [6, 6.07) is 10.4. The van der Waals surface area contributed by atoms with Crippen LogP contribution in [0, 0.1) is 5.82 Å². The molecule has 1 aliphatic rings. The Labute approximate surface area is 184 Å². The number of thiazole rings is 1. The molecule has 6 nitrogen and oxygen atoms in total. The Morgan fingerprint density at radius 2 is 1.97 bits per heavy atom. The predicted octanol–water partition coefficient (Wildman–Crippen LogP) is 4.55. The number of carbonyl (C=O) groups excluding carboxylic acids is 1. The highest BCUT2D eigenvalue weighted by Gasteiger charge is 2.20. The average molecular weight is 442 g/mol. The van der Waals surface area contributed by atoms with Crippen LogP contribution in [0.3, 0.4) is 0 Å². The van der Waals surface area contributed by atoms with Crippen molar-refractivity contribution >= 4 is 38.7 Å². The van der Waals surface area contributed by atoms with Gasteiger partial charge in [-0.05, 0) is 49.0 Å². The Balaban J connectivity index is 1.59. The lowest BCUT2D eigenvalue weighted by atomic mass is 10.2. The van der Waals surface area contributed by atoms with E-state index in [0.717, 1.165) is 23.4 Å². The van der Waals surface area contributed by atoms with E-state index in [1.807, 2.05) is 24.3 Å². The minimum absolute atomic E-state index is 0.203. The quantitative estimate of drug-likeness (QED) is 0.480. The summed E-state index contributed by atoms with van der Waals surface area (Å²) in [4.78, 5) is 21.4. The van der Waals surface area contributed by atoms with E-state index in [-0.39, 0.29) is 18.5 Å². The zero-order valence-corrected chi connectivity index (χ0v) is 18.3. The number of nitrogens with zero attached hydrogens (tertiary/aromatic N) is 3. The lowest BCUT2D eigenvalue weighted by Gasteiger charge is -2.23. The number of likely N-dealkylation sites (N-methyl/N-ethyl adjacent to an activating group) is 1. The first kappa shape index (κ1) is 21.3. The molecule has 0 atom stereocenters. The van der Waals surface area contributed by atoms with Crippen LogP contribution in [-0.2, 0) is 4.79 Å².